The number of benzene rings is 1. The summed E-state index contributed by atoms with van der Waals surface area (Å²) in [5, 5.41) is 22.2. The number of fused-ring (bicyclic) bond motifs is 1. The van der Waals surface area contributed by atoms with E-state index in [1.165, 1.54) is 0 Å². The Morgan fingerprint density at radius 2 is 2.33 bits per heavy atom. The Hall–Kier alpha value is -0.785. The first-order valence-corrected chi connectivity index (χ1v) is 6.11. The molecule has 1 aliphatic heterocycles. The van der Waals surface area contributed by atoms with Crippen LogP contribution in [-0.2, 0) is 4.65 Å². The van der Waals surface area contributed by atoms with E-state index in [1.54, 1.807) is 19.2 Å². The van der Waals surface area contributed by atoms with E-state index >= 15 is 0 Å². The van der Waals surface area contributed by atoms with Gasteiger partial charge in [-0.1, -0.05) is 11.6 Å². The zero-order valence-corrected chi connectivity index (χ0v) is 10.8. The smallest absolute Gasteiger partial charge is 0.492 e. The summed E-state index contributed by atoms with van der Waals surface area (Å²) in [5.41, 5.74) is 1.30. The molecule has 7 heteroatoms. The topological polar surface area (TPSA) is 71.0 Å². The molecule has 98 valence electrons. The molecule has 1 heterocycles. The minimum Gasteiger partial charge on any atom is -0.492 e. The molecule has 1 atom stereocenters. The third-order valence-corrected chi connectivity index (χ3v) is 3.12. The van der Waals surface area contributed by atoms with Crippen molar-refractivity contribution in [2.45, 2.75) is 6.10 Å². The number of halogens is 1. The lowest BCUT2D eigenvalue weighted by Gasteiger charge is -2.14. The summed E-state index contributed by atoms with van der Waals surface area (Å²) in [6.45, 7) is 0.624. The number of hydrogen-bond donors (Lipinski definition) is 3. The van der Waals surface area contributed by atoms with Gasteiger partial charge in [0, 0.05) is 22.6 Å². The van der Waals surface area contributed by atoms with Crippen LogP contribution in [0.1, 0.15) is 11.7 Å². The molecule has 2 rings (SSSR count). The Kier molecular flexibility index (Phi) is 4.47. The maximum Gasteiger partial charge on any atom is 0.495 e. The highest BCUT2D eigenvalue weighted by Crippen LogP contribution is 2.33. The van der Waals surface area contributed by atoms with Gasteiger partial charge in [0.2, 0.25) is 0 Å². The number of ether oxygens (including phenoxy) is 1. The van der Waals surface area contributed by atoms with Crippen molar-refractivity contribution in [1.82, 2.24) is 5.32 Å². The molecule has 1 aromatic carbocycles. The summed E-state index contributed by atoms with van der Waals surface area (Å²) < 4.78 is 10.8. The summed E-state index contributed by atoms with van der Waals surface area (Å²) in [6, 6.07) is 3.38. The molecule has 0 aromatic heterocycles. The molecule has 0 saturated heterocycles. The average molecular weight is 272 g/mol. The highest BCUT2D eigenvalue weighted by molar-refractivity contribution is 6.63. The Balaban J connectivity index is 2.37. The molecule has 0 amide bonds. The number of aliphatic hydroxyl groups excluding tert-OH is 1. The summed E-state index contributed by atoms with van der Waals surface area (Å²) in [5.74, 6) is 0.495. The first kappa shape index (κ1) is 13.6. The van der Waals surface area contributed by atoms with Crippen molar-refractivity contribution >= 4 is 24.2 Å². The second kappa shape index (κ2) is 5.90. The highest BCUT2D eigenvalue weighted by Gasteiger charge is 2.39. The van der Waals surface area contributed by atoms with Gasteiger partial charge in [-0.05, 0) is 19.2 Å². The standard InChI is InChI=1S/C11H15BClNO4/c1-14-6-9-10-7(13)2-3-8(17-5-4-15)11(10)12(16)18-9/h2-3,9,14-16H,4-6H2,1H3/t9-/m1/s1. The van der Waals surface area contributed by atoms with E-state index in [4.69, 9.17) is 26.1 Å². The molecular formula is C11H15BClNO4. The minimum atomic E-state index is -1.05. The van der Waals surface area contributed by atoms with E-state index in [0.717, 1.165) is 5.56 Å². The van der Waals surface area contributed by atoms with E-state index < -0.39 is 7.12 Å². The number of nitrogens with one attached hydrogen (secondary N) is 1. The van der Waals surface area contributed by atoms with Crippen LogP contribution < -0.4 is 15.5 Å². The van der Waals surface area contributed by atoms with Crippen molar-refractivity contribution in [3.8, 4) is 5.75 Å². The fourth-order valence-corrected chi connectivity index (χ4v) is 2.37. The Labute approximate surface area is 111 Å². The Bertz CT molecular complexity index is 432. The van der Waals surface area contributed by atoms with Gasteiger partial charge in [-0.25, -0.2) is 0 Å². The lowest BCUT2D eigenvalue weighted by molar-refractivity contribution is 0.189. The molecule has 18 heavy (non-hydrogen) atoms. The maximum atomic E-state index is 9.93. The van der Waals surface area contributed by atoms with Gasteiger partial charge in [-0.2, -0.15) is 0 Å². The Morgan fingerprint density at radius 1 is 1.56 bits per heavy atom. The number of aliphatic hydroxyl groups is 1. The number of hydrogen-bond acceptors (Lipinski definition) is 5. The fraction of sp³-hybridized carbons (Fsp3) is 0.455. The fourth-order valence-electron chi connectivity index (χ4n) is 2.08. The zero-order valence-electron chi connectivity index (χ0n) is 10.0. The molecule has 1 aromatic rings. The predicted octanol–water partition coefficient (Wildman–Crippen LogP) is -0.311. The van der Waals surface area contributed by atoms with Crippen molar-refractivity contribution in [2.24, 2.45) is 0 Å². The van der Waals surface area contributed by atoms with Gasteiger partial charge in [0.1, 0.15) is 12.4 Å². The van der Waals surface area contributed by atoms with E-state index in [9.17, 15) is 5.02 Å². The summed E-state index contributed by atoms with van der Waals surface area (Å²) in [4.78, 5) is 0. The van der Waals surface area contributed by atoms with Crippen LogP contribution in [-0.4, -0.2) is 44.1 Å². The molecular weight excluding hydrogens is 256 g/mol. The zero-order chi connectivity index (χ0) is 13.1. The molecule has 0 saturated carbocycles. The van der Waals surface area contributed by atoms with Gasteiger partial charge in [0.25, 0.3) is 0 Å². The van der Waals surface area contributed by atoms with Crippen LogP contribution in [0.3, 0.4) is 0 Å². The van der Waals surface area contributed by atoms with Gasteiger partial charge in [0.05, 0.1) is 12.7 Å². The molecule has 3 N–H and O–H groups in total. The van der Waals surface area contributed by atoms with Crippen molar-refractivity contribution in [3.05, 3.63) is 22.7 Å². The largest absolute Gasteiger partial charge is 0.495 e. The number of rotatable bonds is 5. The molecule has 0 fully saturated rings. The molecule has 0 aliphatic carbocycles. The molecule has 0 radical (unpaired) electrons. The monoisotopic (exact) mass is 271 g/mol. The van der Waals surface area contributed by atoms with E-state index in [2.05, 4.69) is 5.32 Å². The summed E-state index contributed by atoms with van der Waals surface area (Å²) >= 11 is 6.15. The SMILES string of the molecule is CNC[C@H]1OB(O)c2c(OCCO)ccc(Cl)c21. The normalized spacial score (nSPS) is 18.0. The van der Waals surface area contributed by atoms with Crippen LogP contribution in [0.2, 0.25) is 5.02 Å². The maximum absolute atomic E-state index is 9.93. The van der Waals surface area contributed by atoms with Gasteiger partial charge < -0.3 is 24.8 Å². The van der Waals surface area contributed by atoms with Crippen molar-refractivity contribution in [3.63, 3.8) is 0 Å². The van der Waals surface area contributed by atoms with E-state index in [-0.39, 0.29) is 19.3 Å². The summed E-state index contributed by atoms with van der Waals surface area (Å²) in [7, 11) is 0.749. The predicted molar refractivity (Wildman–Crippen MR) is 69.4 cm³/mol. The highest BCUT2D eigenvalue weighted by atomic mass is 35.5. The third-order valence-electron chi connectivity index (χ3n) is 2.79. The van der Waals surface area contributed by atoms with E-state index in [0.29, 0.717) is 22.8 Å². The van der Waals surface area contributed by atoms with Crippen LogP contribution in [0.15, 0.2) is 12.1 Å². The van der Waals surface area contributed by atoms with Crippen molar-refractivity contribution < 1.29 is 19.5 Å². The van der Waals surface area contributed by atoms with Crippen LogP contribution in [0.5, 0.6) is 5.75 Å². The van der Waals surface area contributed by atoms with Crippen LogP contribution in [0, 0.1) is 0 Å². The van der Waals surface area contributed by atoms with Crippen molar-refractivity contribution in [1.29, 1.82) is 0 Å². The van der Waals surface area contributed by atoms with Gasteiger partial charge in [0.15, 0.2) is 0 Å². The second-order valence-electron chi connectivity index (χ2n) is 3.98. The third kappa shape index (κ3) is 2.48. The van der Waals surface area contributed by atoms with Gasteiger partial charge in [-0.15, -0.1) is 0 Å². The molecule has 0 bridgehead atoms. The van der Waals surface area contributed by atoms with Gasteiger partial charge in [-0.3, -0.25) is 0 Å². The van der Waals surface area contributed by atoms with Crippen LogP contribution >= 0.6 is 11.6 Å². The van der Waals surface area contributed by atoms with E-state index in [1.807, 2.05) is 0 Å². The molecule has 1 aliphatic rings. The second-order valence-corrected chi connectivity index (χ2v) is 4.39. The van der Waals surface area contributed by atoms with Crippen LogP contribution in [0.25, 0.3) is 0 Å². The molecule has 5 nitrogen and oxygen atoms in total. The van der Waals surface area contributed by atoms with Crippen molar-refractivity contribution in [2.75, 3.05) is 26.8 Å². The molecule has 0 spiro atoms. The average Bonchev–Trinajstić information content (AvgIpc) is 2.68. The first-order chi connectivity index (χ1) is 8.69. The minimum absolute atomic E-state index is 0.0890. The first-order valence-electron chi connectivity index (χ1n) is 5.73. The lowest BCUT2D eigenvalue weighted by atomic mass is 9.78. The lowest BCUT2D eigenvalue weighted by Crippen LogP contribution is -2.30. The summed E-state index contributed by atoms with van der Waals surface area (Å²) in [6.07, 6.45) is -0.301. The Morgan fingerprint density at radius 3 is 3.00 bits per heavy atom. The quantitative estimate of drug-likeness (QED) is 0.641. The molecule has 0 unspecified atom stereocenters. The van der Waals surface area contributed by atoms with Crippen LogP contribution in [0.4, 0.5) is 0 Å². The van der Waals surface area contributed by atoms with Gasteiger partial charge >= 0.3 is 7.12 Å². The number of likely N-dealkylation sites (N-methyl/N-ethyl adjacent to an activating group) is 1.